The van der Waals surface area contributed by atoms with Crippen molar-refractivity contribution in [2.75, 3.05) is 11.9 Å². The van der Waals surface area contributed by atoms with Crippen molar-refractivity contribution in [1.29, 1.82) is 0 Å². The summed E-state index contributed by atoms with van der Waals surface area (Å²) >= 11 is 4.84. The van der Waals surface area contributed by atoms with Crippen molar-refractivity contribution in [3.8, 4) is 16.9 Å². The van der Waals surface area contributed by atoms with Crippen LogP contribution in [0.2, 0.25) is 0 Å². The molecule has 2 heterocycles. The highest BCUT2D eigenvalue weighted by atomic mass is 79.9. The standard InChI is InChI=1S/C22H18BrN3O3S/c1-2-29-18-6-4-3-5-17(18)25-19(27)11-26-13-24-21-20(22(26)28)16(12-30-21)14-7-9-15(23)10-8-14/h3-10,12-13H,2,11H2,1H3,(H,25,27). The van der Waals surface area contributed by atoms with Crippen LogP contribution in [0.1, 0.15) is 6.92 Å². The fraction of sp³-hybridized carbons (Fsp3) is 0.136. The molecule has 0 aliphatic carbocycles. The fourth-order valence-corrected chi connectivity index (χ4v) is 4.29. The number of thiophene rings is 1. The first kappa shape index (κ1) is 20.3. The van der Waals surface area contributed by atoms with Gasteiger partial charge in [-0.2, -0.15) is 0 Å². The minimum absolute atomic E-state index is 0.141. The summed E-state index contributed by atoms with van der Waals surface area (Å²) in [5, 5.41) is 5.25. The molecule has 0 spiro atoms. The molecule has 4 aromatic rings. The lowest BCUT2D eigenvalue weighted by Gasteiger charge is -2.12. The molecule has 0 radical (unpaired) electrons. The average molecular weight is 484 g/mol. The third-order valence-corrected chi connectivity index (χ3v) is 5.91. The molecule has 1 N–H and O–H groups in total. The number of aromatic nitrogens is 2. The number of amides is 1. The van der Waals surface area contributed by atoms with Gasteiger partial charge in [0.05, 0.1) is 24.0 Å². The van der Waals surface area contributed by atoms with Gasteiger partial charge in [0.2, 0.25) is 5.91 Å². The van der Waals surface area contributed by atoms with Crippen LogP contribution in [0.25, 0.3) is 21.3 Å². The number of nitrogens with zero attached hydrogens (tertiary/aromatic N) is 2. The summed E-state index contributed by atoms with van der Waals surface area (Å²) in [6.07, 6.45) is 1.42. The number of para-hydroxylation sites is 2. The molecule has 6 nitrogen and oxygen atoms in total. The van der Waals surface area contributed by atoms with E-state index in [0.29, 0.717) is 28.3 Å². The summed E-state index contributed by atoms with van der Waals surface area (Å²) in [6.45, 7) is 2.23. The zero-order chi connectivity index (χ0) is 21.1. The van der Waals surface area contributed by atoms with Gasteiger partial charge in [0, 0.05) is 15.4 Å². The van der Waals surface area contributed by atoms with Crippen LogP contribution < -0.4 is 15.6 Å². The lowest BCUT2D eigenvalue weighted by Crippen LogP contribution is -2.28. The smallest absolute Gasteiger partial charge is 0.263 e. The van der Waals surface area contributed by atoms with E-state index in [1.54, 1.807) is 12.1 Å². The summed E-state index contributed by atoms with van der Waals surface area (Å²) in [5.41, 5.74) is 2.07. The number of carbonyl (C=O) groups excluding carboxylic acids is 1. The van der Waals surface area contributed by atoms with Gasteiger partial charge < -0.3 is 10.1 Å². The predicted octanol–water partition coefficient (Wildman–Crippen LogP) is 4.92. The molecule has 30 heavy (non-hydrogen) atoms. The van der Waals surface area contributed by atoms with Crippen molar-refractivity contribution >= 4 is 49.1 Å². The van der Waals surface area contributed by atoms with Crippen LogP contribution in [0.4, 0.5) is 5.69 Å². The van der Waals surface area contributed by atoms with Crippen molar-refractivity contribution in [3.63, 3.8) is 0 Å². The Morgan fingerprint density at radius 3 is 2.73 bits per heavy atom. The maximum absolute atomic E-state index is 13.1. The number of anilines is 1. The number of rotatable bonds is 6. The van der Waals surface area contributed by atoms with E-state index in [4.69, 9.17) is 4.74 Å². The number of hydrogen-bond donors (Lipinski definition) is 1. The SMILES string of the molecule is CCOc1ccccc1NC(=O)Cn1cnc2scc(-c3ccc(Br)cc3)c2c1=O. The van der Waals surface area contributed by atoms with E-state index in [0.717, 1.165) is 15.6 Å². The molecule has 8 heteroatoms. The van der Waals surface area contributed by atoms with Gasteiger partial charge in [-0.05, 0) is 36.8 Å². The van der Waals surface area contributed by atoms with Gasteiger partial charge in [0.1, 0.15) is 17.1 Å². The molecule has 4 rings (SSSR count). The van der Waals surface area contributed by atoms with E-state index in [1.807, 2.05) is 48.7 Å². The average Bonchev–Trinajstić information content (AvgIpc) is 3.17. The number of nitrogens with one attached hydrogen (secondary N) is 1. The Hall–Kier alpha value is -2.97. The molecule has 1 amide bonds. The molecule has 0 aliphatic heterocycles. The second-order valence-electron chi connectivity index (χ2n) is 6.49. The highest BCUT2D eigenvalue weighted by Gasteiger charge is 2.15. The van der Waals surface area contributed by atoms with Crippen LogP contribution in [0.5, 0.6) is 5.75 Å². The second-order valence-corrected chi connectivity index (χ2v) is 8.27. The topological polar surface area (TPSA) is 73.2 Å². The predicted molar refractivity (Wildman–Crippen MR) is 123 cm³/mol. The maximum atomic E-state index is 13.1. The molecule has 2 aromatic heterocycles. The van der Waals surface area contributed by atoms with E-state index in [9.17, 15) is 9.59 Å². The lowest BCUT2D eigenvalue weighted by atomic mass is 10.1. The lowest BCUT2D eigenvalue weighted by molar-refractivity contribution is -0.116. The molecule has 0 saturated heterocycles. The van der Waals surface area contributed by atoms with E-state index in [-0.39, 0.29) is 18.0 Å². The van der Waals surface area contributed by atoms with E-state index in [1.165, 1.54) is 22.2 Å². The van der Waals surface area contributed by atoms with Crippen LogP contribution >= 0.6 is 27.3 Å². The van der Waals surface area contributed by atoms with Crippen LogP contribution in [0, 0.1) is 0 Å². The van der Waals surface area contributed by atoms with E-state index < -0.39 is 0 Å². The van der Waals surface area contributed by atoms with Gasteiger partial charge >= 0.3 is 0 Å². The Bertz CT molecular complexity index is 1260. The van der Waals surface area contributed by atoms with E-state index in [2.05, 4.69) is 26.2 Å². The molecule has 0 atom stereocenters. The molecule has 0 fully saturated rings. The highest BCUT2D eigenvalue weighted by Crippen LogP contribution is 2.31. The molecule has 0 bridgehead atoms. The maximum Gasteiger partial charge on any atom is 0.263 e. The van der Waals surface area contributed by atoms with Gasteiger partial charge in [-0.3, -0.25) is 14.2 Å². The molecular weight excluding hydrogens is 466 g/mol. The number of fused-ring (bicyclic) bond motifs is 1. The number of hydrogen-bond acceptors (Lipinski definition) is 5. The molecule has 2 aromatic carbocycles. The Morgan fingerprint density at radius 1 is 1.20 bits per heavy atom. The normalized spacial score (nSPS) is 10.9. The Kier molecular flexibility index (Phi) is 5.96. The number of halogens is 1. The first-order valence-corrected chi connectivity index (χ1v) is 11.0. The summed E-state index contributed by atoms with van der Waals surface area (Å²) in [5.74, 6) is 0.260. The van der Waals surface area contributed by atoms with Gasteiger partial charge in [-0.25, -0.2) is 4.98 Å². The second kappa shape index (κ2) is 8.81. The molecule has 0 unspecified atom stereocenters. The van der Waals surface area contributed by atoms with Gasteiger partial charge in [0.25, 0.3) is 5.56 Å². The summed E-state index contributed by atoms with van der Waals surface area (Å²) in [7, 11) is 0. The monoisotopic (exact) mass is 483 g/mol. The van der Waals surface area contributed by atoms with E-state index >= 15 is 0 Å². The van der Waals surface area contributed by atoms with Crippen LogP contribution in [0.15, 0.2) is 69.5 Å². The summed E-state index contributed by atoms with van der Waals surface area (Å²) in [4.78, 5) is 30.8. The summed E-state index contributed by atoms with van der Waals surface area (Å²) in [6, 6.07) is 14.9. The van der Waals surface area contributed by atoms with Gasteiger partial charge in [-0.15, -0.1) is 11.3 Å². The van der Waals surface area contributed by atoms with Crippen molar-refractivity contribution in [1.82, 2.24) is 9.55 Å². The first-order chi connectivity index (χ1) is 14.6. The molecule has 0 saturated carbocycles. The minimum Gasteiger partial charge on any atom is -0.492 e. The highest BCUT2D eigenvalue weighted by molar-refractivity contribution is 9.10. The third kappa shape index (κ3) is 4.15. The Labute approximate surface area is 185 Å². The van der Waals surface area contributed by atoms with Gasteiger partial charge in [-0.1, -0.05) is 40.2 Å². The summed E-state index contributed by atoms with van der Waals surface area (Å²) < 4.78 is 7.83. The zero-order valence-electron chi connectivity index (χ0n) is 16.1. The van der Waals surface area contributed by atoms with Gasteiger partial charge in [0.15, 0.2) is 0 Å². The quantitative estimate of drug-likeness (QED) is 0.422. The minimum atomic E-state index is -0.328. The Balaban J connectivity index is 1.63. The first-order valence-electron chi connectivity index (χ1n) is 9.31. The number of benzene rings is 2. The zero-order valence-corrected chi connectivity index (χ0v) is 18.5. The third-order valence-electron chi connectivity index (χ3n) is 4.49. The largest absolute Gasteiger partial charge is 0.492 e. The molecular formula is C22H18BrN3O3S. The number of ether oxygens (including phenoxy) is 1. The van der Waals surface area contributed by atoms with Crippen LogP contribution in [-0.2, 0) is 11.3 Å². The fourth-order valence-electron chi connectivity index (χ4n) is 3.12. The Morgan fingerprint density at radius 2 is 1.97 bits per heavy atom. The molecule has 0 aliphatic rings. The van der Waals surface area contributed by atoms with Crippen molar-refractivity contribution in [3.05, 3.63) is 75.1 Å². The molecule has 152 valence electrons. The van der Waals surface area contributed by atoms with Crippen LogP contribution in [-0.4, -0.2) is 22.1 Å². The van der Waals surface area contributed by atoms with Crippen molar-refractivity contribution in [2.45, 2.75) is 13.5 Å². The van der Waals surface area contributed by atoms with Crippen molar-refractivity contribution in [2.24, 2.45) is 0 Å². The number of carbonyl (C=O) groups is 1. The van der Waals surface area contributed by atoms with Crippen molar-refractivity contribution < 1.29 is 9.53 Å². The van der Waals surface area contributed by atoms with Crippen LogP contribution in [0.3, 0.4) is 0 Å².